The molecule has 8 nitrogen and oxygen atoms in total. The van der Waals surface area contributed by atoms with E-state index in [2.05, 4.69) is 121 Å². The van der Waals surface area contributed by atoms with Crippen molar-refractivity contribution in [1.82, 2.24) is 35.3 Å². The molecule has 0 unspecified atom stereocenters. The number of nitrogens with one attached hydrogen (secondary N) is 2. The molecule has 4 heterocycles. The van der Waals surface area contributed by atoms with Crippen LogP contribution in [0.5, 0.6) is 0 Å². The quantitative estimate of drug-likeness (QED) is 0.225. The fraction of sp³-hybridized carbons (Fsp3) is 0.222. The van der Waals surface area contributed by atoms with E-state index in [1.807, 2.05) is 45.8 Å². The predicted octanol–water partition coefficient (Wildman–Crippen LogP) is 7.83. The second-order valence-electron chi connectivity index (χ2n) is 11.5. The summed E-state index contributed by atoms with van der Waals surface area (Å²) >= 11 is 0. The summed E-state index contributed by atoms with van der Waals surface area (Å²) in [7, 11) is 0. The smallest absolute Gasteiger partial charge is 0.123 e. The lowest BCUT2D eigenvalue weighted by atomic mass is 9.96. The van der Waals surface area contributed by atoms with Gasteiger partial charge in [0.25, 0.3) is 0 Å². The zero-order valence-electron chi connectivity index (χ0n) is 25.7. The lowest BCUT2D eigenvalue weighted by molar-refractivity contribution is 0.509. The zero-order chi connectivity index (χ0) is 30.8. The molecule has 0 bridgehead atoms. The first-order chi connectivity index (χ1) is 21.4. The van der Waals surface area contributed by atoms with E-state index in [4.69, 9.17) is 0 Å². The molecule has 0 amide bonds. The Labute approximate surface area is 258 Å². The number of fused-ring (bicyclic) bond motifs is 8. The van der Waals surface area contributed by atoms with Gasteiger partial charge in [0.2, 0.25) is 0 Å². The summed E-state index contributed by atoms with van der Waals surface area (Å²) in [6.45, 7) is 17.9. The van der Waals surface area contributed by atoms with Crippen LogP contribution in [-0.4, -0.2) is 30.0 Å². The Hall–Kier alpha value is -5.24. The van der Waals surface area contributed by atoms with Crippen LogP contribution in [0, 0.1) is 0 Å². The number of allylic oxidation sites excluding steroid dienone is 3. The van der Waals surface area contributed by atoms with Crippen molar-refractivity contribution in [3.05, 3.63) is 121 Å². The third-order valence-electron chi connectivity index (χ3n) is 7.99. The first-order valence-electron chi connectivity index (χ1n) is 15.1. The van der Waals surface area contributed by atoms with Crippen LogP contribution >= 0.6 is 0 Å². The highest BCUT2D eigenvalue weighted by molar-refractivity contribution is 5.88. The van der Waals surface area contributed by atoms with Crippen molar-refractivity contribution in [1.29, 1.82) is 0 Å². The van der Waals surface area contributed by atoms with Crippen molar-refractivity contribution in [2.75, 3.05) is 5.32 Å². The summed E-state index contributed by atoms with van der Waals surface area (Å²) in [6.07, 6.45) is 3.67. The molecule has 5 aromatic rings. The molecule has 0 saturated heterocycles. The van der Waals surface area contributed by atoms with Crippen LogP contribution in [0.15, 0.2) is 104 Å². The molecule has 7 rings (SSSR count). The Morgan fingerprint density at radius 1 is 0.636 bits per heavy atom. The summed E-state index contributed by atoms with van der Waals surface area (Å²) in [5.74, 6) is 0. The molecule has 0 spiro atoms. The Morgan fingerprint density at radius 3 is 1.80 bits per heavy atom. The average Bonchev–Trinajstić information content (AvgIpc) is 3.66. The number of hydrogen-bond acceptors (Lipinski definition) is 6. The normalized spacial score (nSPS) is 14.9. The van der Waals surface area contributed by atoms with Gasteiger partial charge in [-0.05, 0) is 51.0 Å². The van der Waals surface area contributed by atoms with Crippen molar-refractivity contribution in [2.24, 2.45) is 0 Å². The van der Waals surface area contributed by atoms with Gasteiger partial charge in [-0.2, -0.15) is 0 Å². The largest absolute Gasteiger partial charge is 0.380 e. The van der Waals surface area contributed by atoms with Crippen LogP contribution in [0.25, 0.3) is 39.3 Å². The van der Waals surface area contributed by atoms with Gasteiger partial charge in [-0.25, -0.2) is 9.36 Å². The number of aromatic nitrogens is 6. The van der Waals surface area contributed by atoms with Crippen LogP contribution in [0.3, 0.4) is 0 Å². The number of anilines is 1. The Bertz CT molecular complexity index is 1870. The number of para-hydroxylation sites is 1. The van der Waals surface area contributed by atoms with Crippen molar-refractivity contribution >= 4 is 11.3 Å². The molecule has 2 aromatic heterocycles. The third-order valence-corrected chi connectivity index (χ3v) is 7.99. The van der Waals surface area contributed by atoms with Gasteiger partial charge in [-0.3, -0.25) is 0 Å². The lowest BCUT2D eigenvalue weighted by Gasteiger charge is -2.20. The summed E-state index contributed by atoms with van der Waals surface area (Å²) in [4.78, 5) is 0. The van der Waals surface area contributed by atoms with Gasteiger partial charge in [0.15, 0.2) is 0 Å². The minimum absolute atomic E-state index is 0.212. The van der Waals surface area contributed by atoms with E-state index in [0.29, 0.717) is 0 Å². The van der Waals surface area contributed by atoms with Crippen LogP contribution < -0.4 is 10.6 Å². The molecule has 2 N–H and O–H groups in total. The van der Waals surface area contributed by atoms with E-state index in [9.17, 15) is 0 Å². The highest BCUT2D eigenvalue weighted by atomic mass is 15.4. The molecule has 222 valence electrons. The van der Waals surface area contributed by atoms with E-state index in [0.717, 1.165) is 63.9 Å². The van der Waals surface area contributed by atoms with E-state index in [1.54, 1.807) is 0 Å². The van der Waals surface area contributed by atoms with E-state index < -0.39 is 0 Å². The van der Waals surface area contributed by atoms with Gasteiger partial charge >= 0.3 is 0 Å². The fourth-order valence-electron chi connectivity index (χ4n) is 5.82. The number of benzene rings is 3. The summed E-state index contributed by atoms with van der Waals surface area (Å²) in [5.41, 5.74) is 12.9. The van der Waals surface area contributed by atoms with Gasteiger partial charge in [-0.1, -0.05) is 96.4 Å². The van der Waals surface area contributed by atoms with Crippen molar-refractivity contribution < 1.29 is 0 Å². The van der Waals surface area contributed by atoms with Gasteiger partial charge < -0.3 is 10.6 Å². The Balaban J connectivity index is 0.000000156. The van der Waals surface area contributed by atoms with E-state index in [-0.39, 0.29) is 12.1 Å². The maximum absolute atomic E-state index is 4.49. The SMILES string of the molecule is C=C/C1=C(\C=C)c2c(nnn2C(C)C)-c2ccccc2CN1.CC(C)n1nnc2c1-c1ccccc1CNc1ccccc1-2. The van der Waals surface area contributed by atoms with Crippen LogP contribution in [0.1, 0.15) is 56.6 Å². The van der Waals surface area contributed by atoms with Crippen molar-refractivity contribution in [2.45, 2.75) is 52.9 Å². The number of hydrogen-bond donors (Lipinski definition) is 2. The lowest BCUT2D eigenvalue weighted by Crippen LogP contribution is -2.17. The molecule has 0 atom stereocenters. The molecule has 2 aliphatic heterocycles. The first-order valence-corrected chi connectivity index (χ1v) is 15.1. The topological polar surface area (TPSA) is 85.5 Å². The number of rotatable bonds is 4. The highest BCUT2D eigenvalue weighted by Crippen LogP contribution is 2.39. The molecule has 0 aliphatic carbocycles. The first kappa shape index (κ1) is 28.9. The molecule has 0 fully saturated rings. The third kappa shape index (κ3) is 5.13. The second-order valence-corrected chi connectivity index (χ2v) is 11.5. The van der Waals surface area contributed by atoms with Crippen molar-refractivity contribution in [3.8, 4) is 33.8 Å². The van der Waals surface area contributed by atoms with Gasteiger partial charge in [0, 0.05) is 58.8 Å². The highest BCUT2D eigenvalue weighted by Gasteiger charge is 2.25. The molecule has 3 aromatic carbocycles. The van der Waals surface area contributed by atoms with E-state index in [1.165, 1.54) is 16.7 Å². The van der Waals surface area contributed by atoms with Gasteiger partial charge in [0.05, 0.1) is 11.4 Å². The van der Waals surface area contributed by atoms with Gasteiger partial charge in [0.1, 0.15) is 11.4 Å². The number of nitrogens with zero attached hydrogens (tertiary/aromatic N) is 6. The molecule has 44 heavy (non-hydrogen) atoms. The maximum Gasteiger partial charge on any atom is 0.123 e. The predicted molar refractivity (Wildman–Crippen MR) is 179 cm³/mol. The van der Waals surface area contributed by atoms with E-state index >= 15 is 0 Å². The summed E-state index contributed by atoms with van der Waals surface area (Å²) in [6, 6.07) is 25.5. The second kappa shape index (κ2) is 12.2. The molecule has 8 heteroatoms. The molecule has 2 aliphatic rings. The monoisotopic (exact) mass is 582 g/mol. The minimum Gasteiger partial charge on any atom is -0.380 e. The summed E-state index contributed by atoms with van der Waals surface area (Å²) < 4.78 is 3.97. The molecule has 0 saturated carbocycles. The Morgan fingerprint density at radius 2 is 1.16 bits per heavy atom. The maximum atomic E-state index is 4.49. The molecular weight excluding hydrogens is 544 g/mol. The summed E-state index contributed by atoms with van der Waals surface area (Å²) in [5, 5.41) is 24.7. The molecular formula is C36H38N8. The minimum atomic E-state index is 0.212. The Kier molecular flexibility index (Phi) is 7.98. The zero-order valence-corrected chi connectivity index (χ0v) is 25.7. The standard InChI is InChI=1S/C18H18N4.C18H20N4/c1-12(2)22-18-14-8-4-3-7-13(14)11-19-16-10-6-5-9-15(16)17(18)20-21-22;1-5-14-16(6-2)19-11-13-9-7-8-10-15(13)17-18(14)22(12(3)4)21-20-17/h3-10,12,19H,11H2,1-2H3;5-10,12,19H,1-2,11H2,3-4H3/b;16-14-. The molecule has 0 radical (unpaired) electrons. The van der Waals surface area contributed by atoms with Crippen LogP contribution in [-0.2, 0) is 13.1 Å². The van der Waals surface area contributed by atoms with Gasteiger partial charge in [-0.15, -0.1) is 10.2 Å². The van der Waals surface area contributed by atoms with Crippen LogP contribution in [0.2, 0.25) is 0 Å². The van der Waals surface area contributed by atoms with Crippen LogP contribution in [0.4, 0.5) is 5.69 Å². The fourth-order valence-corrected chi connectivity index (χ4v) is 5.82. The van der Waals surface area contributed by atoms with Crippen molar-refractivity contribution in [3.63, 3.8) is 0 Å². The average molecular weight is 583 g/mol.